The fraction of sp³-hybridized carbons (Fsp3) is 0.370. The predicted molar refractivity (Wildman–Crippen MR) is 135 cm³/mol. The number of methoxy groups -OCH3 is 1. The van der Waals surface area contributed by atoms with Crippen LogP contribution in [0.3, 0.4) is 0 Å². The fourth-order valence-corrected chi connectivity index (χ4v) is 4.49. The Morgan fingerprint density at radius 2 is 1.77 bits per heavy atom. The normalized spacial score (nSPS) is 14.1. The zero-order chi connectivity index (χ0) is 24.8. The van der Waals surface area contributed by atoms with Gasteiger partial charge in [-0.3, -0.25) is 9.59 Å². The third-order valence-corrected chi connectivity index (χ3v) is 6.43. The summed E-state index contributed by atoms with van der Waals surface area (Å²) in [5.41, 5.74) is 1.59. The van der Waals surface area contributed by atoms with E-state index in [1.165, 1.54) is 0 Å². The average molecular weight is 478 g/mol. The second-order valence-corrected chi connectivity index (χ2v) is 8.61. The van der Waals surface area contributed by atoms with E-state index in [0.717, 1.165) is 16.7 Å². The van der Waals surface area contributed by atoms with E-state index in [2.05, 4.69) is 5.32 Å². The fourth-order valence-electron chi connectivity index (χ4n) is 4.49. The van der Waals surface area contributed by atoms with Crippen LogP contribution < -0.4 is 15.6 Å². The van der Waals surface area contributed by atoms with E-state index in [-0.39, 0.29) is 23.6 Å². The number of ether oxygens (including phenoxy) is 2. The van der Waals surface area contributed by atoms with Gasteiger partial charge in [0, 0.05) is 48.2 Å². The van der Waals surface area contributed by atoms with Gasteiger partial charge in [0.05, 0.1) is 13.7 Å². The molecule has 2 aromatic carbocycles. The van der Waals surface area contributed by atoms with Gasteiger partial charge in [-0.1, -0.05) is 18.2 Å². The Balaban J connectivity index is 1.43. The summed E-state index contributed by atoms with van der Waals surface area (Å²) in [5, 5.41) is 4.25. The first-order chi connectivity index (χ1) is 17.0. The number of nitrogens with zero attached hydrogens (tertiary/aromatic N) is 2. The monoisotopic (exact) mass is 477 g/mol. The van der Waals surface area contributed by atoms with Crippen LogP contribution in [0.4, 0.5) is 10.5 Å². The van der Waals surface area contributed by atoms with Gasteiger partial charge in [-0.2, -0.15) is 0 Å². The summed E-state index contributed by atoms with van der Waals surface area (Å²) in [6, 6.07) is 14.9. The molecule has 8 nitrogen and oxygen atoms in total. The third-order valence-electron chi connectivity index (χ3n) is 6.43. The van der Waals surface area contributed by atoms with Gasteiger partial charge in [-0.25, -0.2) is 4.79 Å². The number of likely N-dealkylation sites (tertiary alicyclic amines) is 1. The van der Waals surface area contributed by atoms with E-state index in [1.807, 2.05) is 36.4 Å². The highest BCUT2D eigenvalue weighted by molar-refractivity contribution is 6.01. The van der Waals surface area contributed by atoms with Crippen molar-refractivity contribution >= 4 is 28.5 Å². The molecule has 4 rings (SSSR count). The number of hydrogen-bond donors (Lipinski definition) is 1. The smallest absolute Gasteiger partial charge is 0.409 e. The van der Waals surface area contributed by atoms with E-state index in [4.69, 9.17) is 9.47 Å². The molecule has 0 unspecified atom stereocenters. The van der Waals surface area contributed by atoms with E-state index in [9.17, 15) is 14.4 Å². The molecule has 0 saturated carbocycles. The number of rotatable bonds is 7. The highest BCUT2D eigenvalue weighted by atomic mass is 16.6. The number of amides is 2. The number of piperidine rings is 1. The standard InChI is InChI=1S/C27H31N3O5/c1-3-35-27(33)29-16-13-20(14-17-29)30-18-15-22-23(26(30)32)5-4-6-24(22)28-25(31)12-9-19-7-10-21(34-2)11-8-19/h4-8,10-11,15,18,20H,3,9,12-14,16-17H2,1-2H3,(H,28,31). The number of benzene rings is 2. The first-order valence-electron chi connectivity index (χ1n) is 12.0. The number of fused-ring (bicyclic) bond motifs is 1. The van der Waals surface area contributed by atoms with Gasteiger partial charge in [-0.15, -0.1) is 0 Å². The maximum absolute atomic E-state index is 13.3. The van der Waals surface area contributed by atoms with Crippen LogP contribution in [0, 0.1) is 0 Å². The molecule has 35 heavy (non-hydrogen) atoms. The molecule has 1 aromatic heterocycles. The molecule has 8 heteroatoms. The Labute approximate surface area is 204 Å². The number of nitrogens with one attached hydrogen (secondary N) is 1. The van der Waals surface area contributed by atoms with Crippen LogP contribution in [0.2, 0.25) is 0 Å². The molecule has 0 bridgehead atoms. The number of pyridine rings is 1. The van der Waals surface area contributed by atoms with Crippen LogP contribution in [-0.2, 0) is 16.0 Å². The molecular formula is C27H31N3O5. The van der Waals surface area contributed by atoms with Crippen LogP contribution in [0.5, 0.6) is 5.75 Å². The minimum Gasteiger partial charge on any atom is -0.497 e. The number of anilines is 1. The van der Waals surface area contributed by atoms with Crippen LogP contribution in [0.25, 0.3) is 10.8 Å². The molecular weight excluding hydrogens is 446 g/mol. The molecule has 1 saturated heterocycles. The van der Waals surface area contributed by atoms with E-state index in [1.54, 1.807) is 41.8 Å². The number of carbonyl (C=O) groups is 2. The zero-order valence-electron chi connectivity index (χ0n) is 20.2. The topological polar surface area (TPSA) is 89.9 Å². The van der Waals surface area contributed by atoms with Gasteiger partial charge in [0.1, 0.15) is 5.75 Å². The lowest BCUT2D eigenvalue weighted by atomic mass is 10.0. The predicted octanol–water partition coefficient (Wildman–Crippen LogP) is 4.37. The van der Waals surface area contributed by atoms with Gasteiger partial charge in [-0.05, 0) is 62.1 Å². The number of carbonyl (C=O) groups excluding carboxylic acids is 2. The Kier molecular flexibility index (Phi) is 7.70. The molecule has 2 amide bonds. The van der Waals surface area contributed by atoms with Crippen molar-refractivity contribution in [2.24, 2.45) is 0 Å². The van der Waals surface area contributed by atoms with Crippen LogP contribution >= 0.6 is 0 Å². The lowest BCUT2D eigenvalue weighted by Crippen LogP contribution is -2.41. The summed E-state index contributed by atoms with van der Waals surface area (Å²) in [6.45, 7) is 3.25. The summed E-state index contributed by atoms with van der Waals surface area (Å²) in [4.78, 5) is 39.5. The first kappa shape index (κ1) is 24.3. The van der Waals surface area contributed by atoms with Crippen molar-refractivity contribution in [1.29, 1.82) is 0 Å². The summed E-state index contributed by atoms with van der Waals surface area (Å²) < 4.78 is 12.0. The summed E-state index contributed by atoms with van der Waals surface area (Å²) in [7, 11) is 1.62. The highest BCUT2D eigenvalue weighted by Gasteiger charge is 2.25. The number of aromatic nitrogens is 1. The Bertz CT molecular complexity index is 1240. The van der Waals surface area contributed by atoms with Crippen LogP contribution in [0.1, 0.15) is 37.8 Å². The average Bonchev–Trinajstić information content (AvgIpc) is 2.89. The Hall–Kier alpha value is -3.81. The van der Waals surface area contributed by atoms with Gasteiger partial charge in [0.2, 0.25) is 5.91 Å². The SMILES string of the molecule is CCOC(=O)N1CCC(n2ccc3c(NC(=O)CCc4ccc(OC)cc4)cccc3c2=O)CC1. The minimum atomic E-state index is -0.302. The van der Waals surface area contributed by atoms with Crippen LogP contribution in [0.15, 0.2) is 59.5 Å². The molecule has 1 aliphatic heterocycles. The van der Waals surface area contributed by atoms with E-state index in [0.29, 0.717) is 56.5 Å². The van der Waals surface area contributed by atoms with Gasteiger partial charge in [0.25, 0.3) is 5.56 Å². The molecule has 184 valence electrons. The second-order valence-electron chi connectivity index (χ2n) is 8.61. The summed E-state index contributed by atoms with van der Waals surface area (Å²) >= 11 is 0. The lowest BCUT2D eigenvalue weighted by Gasteiger charge is -2.32. The number of hydrogen-bond acceptors (Lipinski definition) is 5. The number of aryl methyl sites for hydroxylation is 1. The van der Waals surface area contributed by atoms with Gasteiger partial charge in [0.15, 0.2) is 0 Å². The minimum absolute atomic E-state index is 0.0142. The maximum Gasteiger partial charge on any atom is 0.409 e. The molecule has 0 aliphatic carbocycles. The first-order valence-corrected chi connectivity index (χ1v) is 12.0. The van der Waals surface area contributed by atoms with Gasteiger partial charge < -0.3 is 24.3 Å². The molecule has 1 N–H and O–H groups in total. The Morgan fingerprint density at radius 1 is 1.03 bits per heavy atom. The summed E-state index contributed by atoms with van der Waals surface area (Å²) in [5.74, 6) is 0.674. The maximum atomic E-state index is 13.3. The molecule has 0 spiro atoms. The van der Waals surface area contributed by atoms with Crippen molar-refractivity contribution in [1.82, 2.24) is 9.47 Å². The van der Waals surface area contributed by atoms with Crippen molar-refractivity contribution in [2.75, 3.05) is 32.1 Å². The molecule has 3 aromatic rings. The lowest BCUT2D eigenvalue weighted by molar-refractivity contribution is -0.116. The van der Waals surface area contributed by atoms with Crippen molar-refractivity contribution in [3.05, 3.63) is 70.6 Å². The second kappa shape index (κ2) is 11.1. The summed E-state index contributed by atoms with van der Waals surface area (Å²) in [6.07, 6.45) is 3.81. The molecule has 2 heterocycles. The largest absolute Gasteiger partial charge is 0.497 e. The van der Waals surface area contributed by atoms with Crippen LogP contribution in [-0.4, -0.2) is 48.3 Å². The van der Waals surface area contributed by atoms with Crippen molar-refractivity contribution in [2.45, 2.75) is 38.6 Å². The highest BCUT2D eigenvalue weighted by Crippen LogP contribution is 2.25. The zero-order valence-corrected chi connectivity index (χ0v) is 20.2. The van der Waals surface area contributed by atoms with Crippen molar-refractivity contribution in [3.63, 3.8) is 0 Å². The van der Waals surface area contributed by atoms with E-state index < -0.39 is 0 Å². The van der Waals surface area contributed by atoms with Gasteiger partial charge >= 0.3 is 6.09 Å². The Morgan fingerprint density at radius 3 is 2.46 bits per heavy atom. The third kappa shape index (κ3) is 5.65. The molecule has 0 radical (unpaired) electrons. The molecule has 0 atom stereocenters. The van der Waals surface area contributed by atoms with Crippen molar-refractivity contribution < 1.29 is 19.1 Å². The van der Waals surface area contributed by atoms with Crippen molar-refractivity contribution in [3.8, 4) is 5.75 Å². The molecule has 1 aliphatic rings. The van der Waals surface area contributed by atoms with E-state index >= 15 is 0 Å². The molecule has 1 fully saturated rings. The quantitative estimate of drug-likeness (QED) is 0.546.